The average Bonchev–Trinajstić information content (AvgIpc) is 2.17. The van der Waals surface area contributed by atoms with Crippen LogP contribution in [0.1, 0.15) is 30.6 Å². The Hall–Kier alpha value is -1.22. The Morgan fingerprint density at radius 2 is 2.20 bits per heavy atom. The van der Waals surface area contributed by atoms with Crippen molar-refractivity contribution in [2.45, 2.75) is 32.4 Å². The molecule has 0 aliphatic carbocycles. The van der Waals surface area contributed by atoms with Crippen LogP contribution in [-0.2, 0) is 0 Å². The lowest BCUT2D eigenvalue weighted by atomic mass is 9.92. The van der Waals surface area contributed by atoms with E-state index in [4.69, 9.17) is 4.74 Å². The van der Waals surface area contributed by atoms with Gasteiger partial charge in [-0.25, -0.2) is 0 Å². The molecule has 15 heavy (non-hydrogen) atoms. The van der Waals surface area contributed by atoms with E-state index in [1.54, 1.807) is 7.11 Å². The van der Waals surface area contributed by atoms with Gasteiger partial charge >= 0.3 is 0 Å². The number of benzene rings is 1. The van der Waals surface area contributed by atoms with E-state index in [1.807, 2.05) is 19.1 Å². The van der Waals surface area contributed by atoms with Crippen LogP contribution in [0, 0.1) is 6.92 Å². The van der Waals surface area contributed by atoms with E-state index in [0.717, 1.165) is 29.0 Å². The first-order chi connectivity index (χ1) is 7.13. The summed E-state index contributed by atoms with van der Waals surface area (Å²) in [6.07, 6.45) is 0.368. The van der Waals surface area contributed by atoms with Gasteiger partial charge in [0, 0.05) is 11.6 Å². The zero-order valence-electron chi connectivity index (χ0n) is 9.37. The molecule has 2 unspecified atom stereocenters. The summed E-state index contributed by atoms with van der Waals surface area (Å²) in [5, 5.41) is 13.4. The first-order valence-electron chi connectivity index (χ1n) is 5.25. The summed E-state index contributed by atoms with van der Waals surface area (Å²) in [5.74, 6) is 0.807. The van der Waals surface area contributed by atoms with Crippen molar-refractivity contribution in [3.63, 3.8) is 0 Å². The van der Waals surface area contributed by atoms with Gasteiger partial charge in [-0.2, -0.15) is 0 Å². The van der Waals surface area contributed by atoms with Crippen molar-refractivity contribution < 1.29 is 9.84 Å². The first kappa shape index (κ1) is 10.3. The molecule has 3 heteroatoms. The van der Waals surface area contributed by atoms with Gasteiger partial charge in [-0.15, -0.1) is 0 Å². The fourth-order valence-electron chi connectivity index (χ4n) is 2.21. The summed E-state index contributed by atoms with van der Waals surface area (Å²) in [6, 6.07) is 4.20. The summed E-state index contributed by atoms with van der Waals surface area (Å²) < 4.78 is 5.29. The van der Waals surface area contributed by atoms with Crippen LogP contribution in [0.4, 0.5) is 5.69 Å². The van der Waals surface area contributed by atoms with Crippen LogP contribution >= 0.6 is 0 Å². The number of hydrogen-bond donors (Lipinski definition) is 2. The molecule has 1 aromatic carbocycles. The highest BCUT2D eigenvalue weighted by Gasteiger charge is 2.26. The molecule has 1 aliphatic rings. The molecule has 0 bridgehead atoms. The number of aryl methyl sites for hydroxylation is 1. The van der Waals surface area contributed by atoms with Crippen LogP contribution in [0.3, 0.4) is 0 Å². The molecule has 0 aromatic heterocycles. The molecule has 0 fully saturated rings. The van der Waals surface area contributed by atoms with E-state index < -0.39 is 0 Å². The van der Waals surface area contributed by atoms with Crippen molar-refractivity contribution in [2.24, 2.45) is 0 Å². The highest BCUT2D eigenvalue weighted by molar-refractivity contribution is 5.67. The van der Waals surface area contributed by atoms with E-state index in [0.29, 0.717) is 0 Å². The van der Waals surface area contributed by atoms with E-state index in [-0.39, 0.29) is 12.1 Å². The predicted molar refractivity (Wildman–Crippen MR) is 60.4 cm³/mol. The Balaban J connectivity index is 2.56. The molecule has 3 nitrogen and oxygen atoms in total. The molecule has 2 rings (SSSR count). The molecule has 0 saturated heterocycles. The Bertz CT molecular complexity index is 376. The number of hydrogen-bond acceptors (Lipinski definition) is 3. The number of ether oxygens (including phenoxy) is 1. The predicted octanol–water partition coefficient (Wildman–Crippen LogP) is 2.24. The summed E-state index contributed by atoms with van der Waals surface area (Å²) in [5.41, 5.74) is 3.04. The highest BCUT2D eigenvalue weighted by Crippen LogP contribution is 2.40. The molecular formula is C12H17NO2. The van der Waals surface area contributed by atoms with Crippen molar-refractivity contribution in [3.8, 4) is 5.75 Å². The van der Waals surface area contributed by atoms with Crippen LogP contribution in [0.15, 0.2) is 12.1 Å². The van der Waals surface area contributed by atoms with E-state index >= 15 is 0 Å². The topological polar surface area (TPSA) is 41.5 Å². The Kier molecular flexibility index (Phi) is 2.57. The van der Waals surface area contributed by atoms with Crippen molar-refractivity contribution in [1.29, 1.82) is 0 Å². The number of fused-ring (bicyclic) bond motifs is 1. The fraction of sp³-hybridized carbons (Fsp3) is 0.500. The van der Waals surface area contributed by atoms with Gasteiger partial charge in [0.2, 0.25) is 0 Å². The Morgan fingerprint density at radius 3 is 2.87 bits per heavy atom. The zero-order valence-corrected chi connectivity index (χ0v) is 9.37. The summed E-state index contributed by atoms with van der Waals surface area (Å²) in [6.45, 7) is 4.08. The lowest BCUT2D eigenvalue weighted by Gasteiger charge is -2.30. The minimum Gasteiger partial charge on any atom is -0.495 e. The van der Waals surface area contributed by atoms with Gasteiger partial charge in [-0.05, 0) is 31.9 Å². The van der Waals surface area contributed by atoms with Gasteiger partial charge in [-0.3, -0.25) is 0 Å². The first-order valence-corrected chi connectivity index (χ1v) is 5.25. The summed E-state index contributed by atoms with van der Waals surface area (Å²) in [7, 11) is 1.65. The molecule has 0 spiro atoms. The van der Waals surface area contributed by atoms with Gasteiger partial charge in [-0.1, -0.05) is 6.07 Å². The number of anilines is 1. The number of nitrogens with one attached hydrogen (secondary N) is 1. The number of aliphatic hydroxyl groups excluding tert-OH is 1. The molecule has 82 valence electrons. The van der Waals surface area contributed by atoms with Crippen molar-refractivity contribution >= 4 is 5.69 Å². The molecule has 0 amide bonds. The number of rotatable bonds is 1. The molecular weight excluding hydrogens is 190 g/mol. The van der Waals surface area contributed by atoms with Gasteiger partial charge in [0.05, 0.1) is 18.9 Å². The molecule has 1 aliphatic heterocycles. The monoisotopic (exact) mass is 207 g/mol. The maximum Gasteiger partial charge on any atom is 0.142 e. The molecule has 1 aromatic rings. The quantitative estimate of drug-likeness (QED) is 0.742. The Labute approximate surface area is 90.1 Å². The fourth-order valence-corrected chi connectivity index (χ4v) is 2.21. The Morgan fingerprint density at radius 1 is 1.47 bits per heavy atom. The third-order valence-corrected chi connectivity index (χ3v) is 2.95. The molecule has 1 heterocycles. The molecule has 2 atom stereocenters. The third-order valence-electron chi connectivity index (χ3n) is 2.95. The van der Waals surface area contributed by atoms with Gasteiger partial charge in [0.25, 0.3) is 0 Å². The number of aliphatic hydroxyl groups is 1. The lowest BCUT2D eigenvalue weighted by Crippen LogP contribution is -2.26. The molecule has 0 radical (unpaired) electrons. The zero-order chi connectivity index (χ0) is 11.0. The van der Waals surface area contributed by atoms with E-state index in [2.05, 4.69) is 12.2 Å². The largest absolute Gasteiger partial charge is 0.495 e. The molecule has 0 saturated carbocycles. The lowest BCUT2D eigenvalue weighted by molar-refractivity contribution is 0.157. The van der Waals surface area contributed by atoms with Gasteiger partial charge in [0.15, 0.2) is 0 Å². The van der Waals surface area contributed by atoms with Crippen molar-refractivity contribution in [1.82, 2.24) is 0 Å². The van der Waals surface area contributed by atoms with E-state index in [9.17, 15) is 5.11 Å². The van der Waals surface area contributed by atoms with Crippen LogP contribution in [0.25, 0.3) is 0 Å². The second-order valence-electron chi connectivity index (χ2n) is 4.17. The second-order valence-corrected chi connectivity index (χ2v) is 4.17. The maximum atomic E-state index is 10.0. The minimum atomic E-state index is -0.383. The van der Waals surface area contributed by atoms with Gasteiger partial charge in [0.1, 0.15) is 5.75 Å². The molecule has 2 N–H and O–H groups in total. The third kappa shape index (κ3) is 1.67. The van der Waals surface area contributed by atoms with Crippen LogP contribution < -0.4 is 10.1 Å². The average molecular weight is 207 g/mol. The second kappa shape index (κ2) is 3.74. The minimum absolute atomic E-state index is 0.281. The highest BCUT2D eigenvalue weighted by atomic mass is 16.5. The SMILES string of the molecule is COc1ccc(C)c2c1NC(C)CC2O. The summed E-state index contributed by atoms with van der Waals surface area (Å²) >= 11 is 0. The maximum absolute atomic E-state index is 10.0. The van der Waals surface area contributed by atoms with Gasteiger partial charge < -0.3 is 15.2 Å². The van der Waals surface area contributed by atoms with Crippen molar-refractivity contribution in [3.05, 3.63) is 23.3 Å². The summed E-state index contributed by atoms with van der Waals surface area (Å²) in [4.78, 5) is 0. The smallest absolute Gasteiger partial charge is 0.142 e. The van der Waals surface area contributed by atoms with Crippen LogP contribution in [0.5, 0.6) is 5.75 Å². The van der Waals surface area contributed by atoms with Crippen molar-refractivity contribution in [2.75, 3.05) is 12.4 Å². The van der Waals surface area contributed by atoms with E-state index in [1.165, 1.54) is 0 Å². The van der Waals surface area contributed by atoms with Crippen LogP contribution in [-0.4, -0.2) is 18.3 Å². The number of methoxy groups -OCH3 is 1. The van der Waals surface area contributed by atoms with Crippen LogP contribution in [0.2, 0.25) is 0 Å². The standard InChI is InChI=1S/C12H17NO2/c1-7-4-5-10(15-3)12-11(7)9(14)6-8(2)13-12/h4-5,8-9,13-14H,6H2,1-3H3. The normalized spacial score (nSPS) is 24.3.